The van der Waals surface area contributed by atoms with Gasteiger partial charge < -0.3 is 0 Å². The Morgan fingerprint density at radius 3 is 2.35 bits per heavy atom. The van der Waals surface area contributed by atoms with Gasteiger partial charge in [0.2, 0.25) is 0 Å². The van der Waals surface area contributed by atoms with Crippen LogP contribution < -0.4 is 5.69 Å². The Hall–Kier alpha value is -2.67. The van der Waals surface area contributed by atoms with Gasteiger partial charge in [0.15, 0.2) is 0 Å². The molecule has 0 atom stereocenters. The molecule has 118 valence electrons. The van der Waals surface area contributed by atoms with E-state index in [1.165, 1.54) is 12.1 Å². The Morgan fingerprint density at radius 2 is 1.70 bits per heavy atom. The molecule has 0 fully saturated rings. The Balaban J connectivity index is 1.97. The first kappa shape index (κ1) is 15.2. The zero-order valence-corrected chi connectivity index (χ0v) is 13.2. The van der Waals surface area contributed by atoms with Crippen LogP contribution in [-0.4, -0.2) is 22.6 Å². The summed E-state index contributed by atoms with van der Waals surface area (Å²) in [5.41, 5.74) is 1.10. The summed E-state index contributed by atoms with van der Waals surface area (Å²) in [6, 6.07) is 15.7. The van der Waals surface area contributed by atoms with Gasteiger partial charge in [-0.1, -0.05) is 52.1 Å². The van der Waals surface area contributed by atoms with Crippen LogP contribution in [0.2, 0.25) is 0 Å². The van der Waals surface area contributed by atoms with E-state index < -0.39 is 15.7 Å². The van der Waals surface area contributed by atoms with Crippen molar-refractivity contribution in [3.8, 4) is 0 Å². The number of hydrogen-bond donors (Lipinski definition) is 1. The SMILES string of the molecule is Cc1ccc(S(=O)(=O)n2nc(Cc3ccccc3)[nH]c2=O)cc1. The number of nitrogens with zero attached hydrogens (tertiary/aromatic N) is 2. The molecule has 0 aliphatic carbocycles. The van der Waals surface area contributed by atoms with E-state index >= 15 is 0 Å². The second-order valence-corrected chi connectivity index (χ2v) is 6.97. The standard InChI is InChI=1S/C16H15N3O3S/c1-12-7-9-14(10-8-12)23(21,22)19-16(20)17-15(18-19)11-13-5-3-2-4-6-13/h2-10H,11H2,1H3,(H,17,18,20). The molecule has 23 heavy (non-hydrogen) atoms. The number of hydrogen-bond acceptors (Lipinski definition) is 4. The molecule has 0 radical (unpaired) electrons. The van der Waals surface area contributed by atoms with Crippen LogP contribution in [0, 0.1) is 6.92 Å². The van der Waals surface area contributed by atoms with Gasteiger partial charge >= 0.3 is 5.69 Å². The molecule has 1 N–H and O–H groups in total. The molecule has 0 aliphatic heterocycles. The molecule has 3 rings (SSSR count). The van der Waals surface area contributed by atoms with Crippen molar-refractivity contribution < 1.29 is 8.42 Å². The van der Waals surface area contributed by atoms with E-state index in [0.717, 1.165) is 11.1 Å². The van der Waals surface area contributed by atoms with Crippen LogP contribution in [0.4, 0.5) is 0 Å². The van der Waals surface area contributed by atoms with Gasteiger partial charge in [0.25, 0.3) is 10.0 Å². The normalized spacial score (nSPS) is 11.5. The van der Waals surface area contributed by atoms with Crippen LogP contribution in [0.3, 0.4) is 0 Å². The molecule has 7 heteroatoms. The fourth-order valence-electron chi connectivity index (χ4n) is 2.19. The lowest BCUT2D eigenvalue weighted by Crippen LogP contribution is -2.26. The first-order valence-electron chi connectivity index (χ1n) is 7.01. The summed E-state index contributed by atoms with van der Waals surface area (Å²) >= 11 is 0. The van der Waals surface area contributed by atoms with Crippen molar-refractivity contribution in [2.24, 2.45) is 0 Å². The first-order valence-corrected chi connectivity index (χ1v) is 8.45. The fourth-order valence-corrected chi connectivity index (χ4v) is 3.34. The largest absolute Gasteiger partial charge is 0.358 e. The van der Waals surface area contributed by atoms with Crippen LogP contribution in [0.5, 0.6) is 0 Å². The third-order valence-corrected chi connectivity index (χ3v) is 4.97. The minimum absolute atomic E-state index is 0.0305. The second-order valence-electron chi connectivity index (χ2n) is 5.20. The van der Waals surface area contributed by atoms with E-state index in [4.69, 9.17) is 0 Å². The molecule has 3 aromatic rings. The minimum atomic E-state index is -4.00. The van der Waals surface area contributed by atoms with Gasteiger partial charge in [0.1, 0.15) is 5.82 Å². The molecule has 6 nitrogen and oxygen atoms in total. The number of aromatic nitrogens is 3. The van der Waals surface area contributed by atoms with E-state index in [1.807, 2.05) is 37.3 Å². The van der Waals surface area contributed by atoms with Crippen LogP contribution in [-0.2, 0) is 16.4 Å². The van der Waals surface area contributed by atoms with Crippen molar-refractivity contribution in [2.45, 2.75) is 18.2 Å². The third kappa shape index (κ3) is 3.09. The molecule has 1 heterocycles. The minimum Gasteiger partial charge on any atom is -0.292 e. The molecule has 2 aromatic carbocycles. The number of benzene rings is 2. The summed E-state index contributed by atoms with van der Waals surface area (Å²) in [5.74, 6) is 0.303. The second kappa shape index (κ2) is 5.85. The van der Waals surface area contributed by atoms with Crippen molar-refractivity contribution in [3.05, 3.63) is 82.0 Å². The van der Waals surface area contributed by atoms with Crippen LogP contribution >= 0.6 is 0 Å². The highest BCUT2D eigenvalue weighted by molar-refractivity contribution is 7.89. The average Bonchev–Trinajstić information content (AvgIpc) is 2.90. The molecule has 0 unspecified atom stereocenters. The number of H-pyrrole nitrogens is 1. The molecular formula is C16H15N3O3S. The highest BCUT2D eigenvalue weighted by Gasteiger charge is 2.21. The highest BCUT2D eigenvalue weighted by Crippen LogP contribution is 2.12. The van der Waals surface area contributed by atoms with E-state index in [9.17, 15) is 13.2 Å². The zero-order valence-electron chi connectivity index (χ0n) is 12.4. The predicted octanol–water partition coefficient (Wildman–Crippen LogP) is 1.71. The Kier molecular flexibility index (Phi) is 3.87. The number of aromatic amines is 1. The topological polar surface area (TPSA) is 84.8 Å². The highest BCUT2D eigenvalue weighted by atomic mass is 32.2. The van der Waals surface area contributed by atoms with E-state index in [2.05, 4.69) is 10.1 Å². The quantitative estimate of drug-likeness (QED) is 0.789. The van der Waals surface area contributed by atoms with E-state index in [-0.39, 0.29) is 4.90 Å². The van der Waals surface area contributed by atoms with Gasteiger partial charge in [-0.3, -0.25) is 4.98 Å². The van der Waals surface area contributed by atoms with Gasteiger partial charge in [0, 0.05) is 6.42 Å². The lowest BCUT2D eigenvalue weighted by Gasteiger charge is -2.03. The molecular weight excluding hydrogens is 314 g/mol. The van der Waals surface area contributed by atoms with Crippen LogP contribution in [0.15, 0.2) is 64.3 Å². The maximum Gasteiger partial charge on any atom is 0.358 e. The lowest BCUT2D eigenvalue weighted by molar-refractivity contribution is 0.577. The van der Waals surface area contributed by atoms with Crippen molar-refractivity contribution >= 4 is 10.0 Å². The molecule has 1 aromatic heterocycles. The Bertz CT molecular complexity index is 971. The molecule has 0 bridgehead atoms. The number of nitrogens with one attached hydrogen (secondary N) is 1. The van der Waals surface area contributed by atoms with E-state index in [0.29, 0.717) is 16.3 Å². The molecule has 0 amide bonds. The number of rotatable bonds is 4. The van der Waals surface area contributed by atoms with Gasteiger partial charge in [-0.25, -0.2) is 4.79 Å². The van der Waals surface area contributed by atoms with Crippen molar-refractivity contribution in [3.63, 3.8) is 0 Å². The lowest BCUT2D eigenvalue weighted by atomic mass is 10.1. The van der Waals surface area contributed by atoms with E-state index in [1.54, 1.807) is 12.1 Å². The maximum atomic E-state index is 12.5. The molecule has 0 spiro atoms. The Labute approximate surface area is 133 Å². The molecule has 0 saturated heterocycles. The summed E-state index contributed by atoms with van der Waals surface area (Å²) in [6.45, 7) is 1.86. The summed E-state index contributed by atoms with van der Waals surface area (Å²) in [7, 11) is -4.00. The monoisotopic (exact) mass is 329 g/mol. The van der Waals surface area contributed by atoms with Crippen molar-refractivity contribution in [1.29, 1.82) is 0 Å². The zero-order chi connectivity index (χ0) is 16.4. The van der Waals surface area contributed by atoms with Gasteiger partial charge in [0.05, 0.1) is 4.90 Å². The summed E-state index contributed by atoms with van der Waals surface area (Å²) in [4.78, 5) is 14.5. The third-order valence-electron chi connectivity index (χ3n) is 3.40. The summed E-state index contributed by atoms with van der Waals surface area (Å²) in [5, 5.41) is 3.94. The maximum absolute atomic E-state index is 12.5. The molecule has 0 saturated carbocycles. The van der Waals surface area contributed by atoms with Crippen molar-refractivity contribution in [1.82, 2.24) is 14.2 Å². The predicted molar refractivity (Wildman–Crippen MR) is 85.9 cm³/mol. The fraction of sp³-hybridized carbons (Fsp3) is 0.125. The first-order chi connectivity index (χ1) is 11.0. The van der Waals surface area contributed by atoms with Gasteiger partial charge in [-0.15, -0.1) is 5.10 Å². The van der Waals surface area contributed by atoms with Gasteiger partial charge in [-0.2, -0.15) is 8.42 Å². The van der Waals surface area contributed by atoms with Crippen LogP contribution in [0.1, 0.15) is 17.0 Å². The van der Waals surface area contributed by atoms with Crippen LogP contribution in [0.25, 0.3) is 0 Å². The number of aryl methyl sites for hydroxylation is 1. The smallest absolute Gasteiger partial charge is 0.292 e. The van der Waals surface area contributed by atoms with Gasteiger partial charge in [-0.05, 0) is 24.6 Å². The molecule has 0 aliphatic rings. The average molecular weight is 329 g/mol. The summed E-state index contributed by atoms with van der Waals surface area (Å²) < 4.78 is 25.5. The Morgan fingerprint density at radius 1 is 1.04 bits per heavy atom. The summed E-state index contributed by atoms with van der Waals surface area (Å²) in [6.07, 6.45) is 0.354. The van der Waals surface area contributed by atoms with Crippen molar-refractivity contribution in [2.75, 3.05) is 0 Å².